The number of hydrogen-bond acceptors (Lipinski definition) is 5. The Labute approximate surface area is 127 Å². The number of aromatic nitrogens is 2. The van der Waals surface area contributed by atoms with Gasteiger partial charge in [-0.1, -0.05) is 27.2 Å². The zero-order chi connectivity index (χ0) is 15.6. The number of nitrogen functional groups attached to an aromatic ring is 1. The lowest BCUT2D eigenvalue weighted by Crippen LogP contribution is -2.40. The van der Waals surface area contributed by atoms with Gasteiger partial charge in [0.15, 0.2) is 0 Å². The summed E-state index contributed by atoms with van der Waals surface area (Å²) in [6, 6.07) is 0.465. The van der Waals surface area contributed by atoms with Crippen LogP contribution in [0, 0.1) is 6.92 Å². The predicted molar refractivity (Wildman–Crippen MR) is 85.6 cm³/mol. The Bertz CT molecular complexity index is 496. The van der Waals surface area contributed by atoms with Gasteiger partial charge in [-0.25, -0.2) is 4.98 Å². The first-order valence-corrected chi connectivity index (χ1v) is 7.76. The Morgan fingerprint density at radius 2 is 2.00 bits per heavy atom. The monoisotopic (exact) mass is 292 g/mol. The molecule has 0 aromatic carbocycles. The van der Waals surface area contributed by atoms with Crippen molar-refractivity contribution in [2.75, 3.05) is 25.9 Å². The molecule has 2 N–H and O–H groups in total. The fourth-order valence-electron chi connectivity index (χ4n) is 2.52. The molecule has 1 atom stereocenters. The van der Waals surface area contributed by atoms with Gasteiger partial charge < -0.3 is 15.4 Å². The van der Waals surface area contributed by atoms with Crippen LogP contribution in [0.5, 0.6) is 5.88 Å². The van der Waals surface area contributed by atoms with Crippen molar-refractivity contribution in [1.29, 1.82) is 0 Å². The van der Waals surface area contributed by atoms with Crippen molar-refractivity contribution in [1.82, 2.24) is 14.9 Å². The van der Waals surface area contributed by atoms with E-state index in [0.29, 0.717) is 24.3 Å². The van der Waals surface area contributed by atoms with Gasteiger partial charge in [0, 0.05) is 11.5 Å². The number of hydrogen-bond donors (Lipinski definition) is 1. The standard InChI is InChI=1S/C16H28N4O/c1-11-13(17)18-15(16(2,3)4)19-14(11)21-10-12-8-6-7-9-20(12)5/h12H,6-10H2,1-5H3,(H2,17,18,19). The lowest BCUT2D eigenvalue weighted by atomic mass is 9.95. The largest absolute Gasteiger partial charge is 0.476 e. The summed E-state index contributed by atoms with van der Waals surface area (Å²) in [5.74, 6) is 1.88. The van der Waals surface area contributed by atoms with Gasteiger partial charge in [0.25, 0.3) is 0 Å². The molecule has 1 aromatic rings. The van der Waals surface area contributed by atoms with Gasteiger partial charge in [-0.2, -0.15) is 4.98 Å². The van der Waals surface area contributed by atoms with E-state index >= 15 is 0 Å². The molecule has 0 saturated carbocycles. The molecule has 118 valence electrons. The molecule has 0 radical (unpaired) electrons. The van der Waals surface area contributed by atoms with E-state index in [4.69, 9.17) is 10.5 Å². The minimum atomic E-state index is -0.137. The summed E-state index contributed by atoms with van der Waals surface area (Å²) in [5, 5.41) is 0. The van der Waals surface area contributed by atoms with E-state index in [1.165, 1.54) is 19.3 Å². The predicted octanol–water partition coefficient (Wildman–Crippen LogP) is 2.53. The van der Waals surface area contributed by atoms with E-state index in [2.05, 4.69) is 42.7 Å². The molecule has 1 saturated heterocycles. The SMILES string of the molecule is Cc1c(N)nc(C(C)(C)C)nc1OCC1CCCCN1C. The molecule has 0 aliphatic carbocycles. The molecule has 2 heterocycles. The second-order valence-corrected chi connectivity index (χ2v) is 7.05. The zero-order valence-corrected chi connectivity index (χ0v) is 13.9. The van der Waals surface area contributed by atoms with E-state index < -0.39 is 0 Å². The highest BCUT2D eigenvalue weighted by Gasteiger charge is 2.23. The maximum atomic E-state index is 6.01. The first kappa shape index (κ1) is 16.0. The van der Waals surface area contributed by atoms with Crippen LogP contribution in [0.3, 0.4) is 0 Å². The molecule has 1 aliphatic rings. The molecule has 21 heavy (non-hydrogen) atoms. The van der Waals surface area contributed by atoms with Gasteiger partial charge in [0.05, 0.1) is 5.56 Å². The molecule has 1 aromatic heterocycles. The van der Waals surface area contributed by atoms with Crippen LogP contribution in [0.1, 0.15) is 51.4 Å². The van der Waals surface area contributed by atoms with Crippen LogP contribution in [0.25, 0.3) is 0 Å². The lowest BCUT2D eigenvalue weighted by molar-refractivity contribution is 0.122. The lowest BCUT2D eigenvalue weighted by Gasteiger charge is -2.32. The van der Waals surface area contributed by atoms with Crippen molar-refractivity contribution in [2.24, 2.45) is 0 Å². The quantitative estimate of drug-likeness (QED) is 0.927. The second kappa shape index (κ2) is 6.18. The third-order valence-corrected chi connectivity index (χ3v) is 4.14. The molecule has 1 aliphatic heterocycles. The smallest absolute Gasteiger partial charge is 0.221 e. The van der Waals surface area contributed by atoms with E-state index in [-0.39, 0.29) is 5.41 Å². The van der Waals surface area contributed by atoms with Gasteiger partial charge in [0.1, 0.15) is 18.2 Å². The normalized spacial score (nSPS) is 20.5. The van der Waals surface area contributed by atoms with Crippen molar-refractivity contribution >= 4 is 5.82 Å². The number of rotatable bonds is 3. The molecular weight excluding hydrogens is 264 g/mol. The van der Waals surface area contributed by atoms with E-state index in [1.54, 1.807) is 0 Å². The summed E-state index contributed by atoms with van der Waals surface area (Å²) in [6.07, 6.45) is 3.74. The molecule has 5 heteroatoms. The fraction of sp³-hybridized carbons (Fsp3) is 0.750. The second-order valence-electron chi connectivity index (χ2n) is 7.05. The molecule has 5 nitrogen and oxygen atoms in total. The van der Waals surface area contributed by atoms with Crippen LogP contribution in [-0.2, 0) is 5.41 Å². The van der Waals surface area contributed by atoms with Crippen molar-refractivity contribution in [3.05, 3.63) is 11.4 Å². The van der Waals surface area contributed by atoms with Gasteiger partial charge in [-0.05, 0) is 33.4 Å². The van der Waals surface area contributed by atoms with Gasteiger partial charge in [0.2, 0.25) is 5.88 Å². The Morgan fingerprint density at radius 3 is 2.62 bits per heavy atom. The highest BCUT2D eigenvalue weighted by Crippen LogP contribution is 2.26. The van der Waals surface area contributed by atoms with E-state index in [1.807, 2.05) is 6.92 Å². The van der Waals surface area contributed by atoms with E-state index in [0.717, 1.165) is 17.9 Å². The Hall–Kier alpha value is -1.36. The zero-order valence-electron chi connectivity index (χ0n) is 13.9. The van der Waals surface area contributed by atoms with Crippen LogP contribution < -0.4 is 10.5 Å². The summed E-state index contributed by atoms with van der Waals surface area (Å²) in [6.45, 7) is 9.96. The summed E-state index contributed by atoms with van der Waals surface area (Å²) >= 11 is 0. The molecule has 1 fully saturated rings. The van der Waals surface area contributed by atoms with Crippen molar-refractivity contribution in [2.45, 2.75) is 58.4 Å². The summed E-state index contributed by atoms with van der Waals surface area (Å²) in [5.41, 5.74) is 6.71. The first-order chi connectivity index (χ1) is 9.79. The summed E-state index contributed by atoms with van der Waals surface area (Å²) in [4.78, 5) is 11.3. The molecular formula is C16H28N4O. The average Bonchev–Trinajstić information content (AvgIpc) is 2.40. The third-order valence-electron chi connectivity index (χ3n) is 4.14. The molecule has 0 bridgehead atoms. The van der Waals surface area contributed by atoms with Crippen LogP contribution in [0.4, 0.5) is 5.82 Å². The van der Waals surface area contributed by atoms with Crippen molar-refractivity contribution in [3.8, 4) is 5.88 Å². The summed E-state index contributed by atoms with van der Waals surface area (Å²) < 4.78 is 5.99. The molecule has 0 spiro atoms. The van der Waals surface area contributed by atoms with E-state index in [9.17, 15) is 0 Å². The van der Waals surface area contributed by atoms with Crippen molar-refractivity contribution in [3.63, 3.8) is 0 Å². The number of ether oxygens (including phenoxy) is 1. The molecule has 0 amide bonds. The molecule has 2 rings (SSSR count). The Balaban J connectivity index is 2.13. The van der Waals surface area contributed by atoms with Gasteiger partial charge in [-0.3, -0.25) is 0 Å². The Morgan fingerprint density at radius 1 is 1.29 bits per heavy atom. The highest BCUT2D eigenvalue weighted by molar-refractivity contribution is 5.45. The van der Waals surface area contributed by atoms with Crippen LogP contribution >= 0.6 is 0 Å². The van der Waals surface area contributed by atoms with Crippen LogP contribution in [0.2, 0.25) is 0 Å². The number of anilines is 1. The maximum Gasteiger partial charge on any atom is 0.221 e. The number of nitrogens with two attached hydrogens (primary N) is 1. The Kier molecular flexibility index (Phi) is 4.71. The highest BCUT2D eigenvalue weighted by atomic mass is 16.5. The maximum absolute atomic E-state index is 6.01. The van der Waals surface area contributed by atoms with Crippen molar-refractivity contribution < 1.29 is 4.74 Å². The first-order valence-electron chi connectivity index (χ1n) is 7.76. The third kappa shape index (κ3) is 3.84. The number of likely N-dealkylation sites (N-methyl/N-ethyl adjacent to an activating group) is 1. The number of piperidine rings is 1. The van der Waals surface area contributed by atoms with Gasteiger partial charge in [-0.15, -0.1) is 0 Å². The van der Waals surface area contributed by atoms with Crippen LogP contribution in [-0.4, -0.2) is 41.1 Å². The summed E-state index contributed by atoms with van der Waals surface area (Å²) in [7, 11) is 2.16. The topological polar surface area (TPSA) is 64.3 Å². The number of nitrogens with zero attached hydrogens (tertiary/aromatic N) is 3. The van der Waals surface area contributed by atoms with Gasteiger partial charge >= 0.3 is 0 Å². The van der Waals surface area contributed by atoms with Crippen LogP contribution in [0.15, 0.2) is 0 Å². The number of likely N-dealkylation sites (tertiary alicyclic amines) is 1. The minimum Gasteiger partial charge on any atom is -0.476 e. The average molecular weight is 292 g/mol. The fourth-order valence-corrected chi connectivity index (χ4v) is 2.52. The minimum absolute atomic E-state index is 0.137. The molecule has 1 unspecified atom stereocenters.